The van der Waals surface area contributed by atoms with Crippen LogP contribution in [-0.2, 0) is 0 Å². The zero-order valence-electron chi connectivity index (χ0n) is 14.2. The number of carbonyl (C=O) groups is 1. The molecule has 25 heavy (non-hydrogen) atoms. The molecule has 0 radical (unpaired) electrons. The SMILES string of the molecule is CC1CCCN(C(=O)c2cc(Nc3ccc4c(c3)OCO4)ccn2)C1. The molecule has 1 fully saturated rings. The van der Waals surface area contributed by atoms with Crippen LogP contribution in [0, 0.1) is 5.92 Å². The average Bonchev–Trinajstić information content (AvgIpc) is 3.09. The van der Waals surface area contributed by atoms with E-state index in [1.54, 1.807) is 12.3 Å². The number of likely N-dealkylation sites (tertiary alicyclic amines) is 1. The van der Waals surface area contributed by atoms with Crippen molar-refractivity contribution in [1.29, 1.82) is 0 Å². The summed E-state index contributed by atoms with van der Waals surface area (Å²) in [6, 6.07) is 9.32. The number of carbonyl (C=O) groups excluding carboxylic acids is 1. The molecule has 1 saturated heterocycles. The summed E-state index contributed by atoms with van der Waals surface area (Å²) in [7, 11) is 0. The molecule has 6 heteroatoms. The van der Waals surface area contributed by atoms with Gasteiger partial charge in [0.25, 0.3) is 5.91 Å². The van der Waals surface area contributed by atoms with Crippen LogP contribution in [-0.4, -0.2) is 35.7 Å². The van der Waals surface area contributed by atoms with E-state index in [1.165, 1.54) is 6.42 Å². The second-order valence-corrected chi connectivity index (χ2v) is 6.62. The first-order valence-electron chi connectivity index (χ1n) is 8.61. The van der Waals surface area contributed by atoms with Crippen molar-refractivity contribution < 1.29 is 14.3 Å². The number of benzene rings is 1. The number of nitrogens with one attached hydrogen (secondary N) is 1. The van der Waals surface area contributed by atoms with E-state index in [0.29, 0.717) is 11.6 Å². The van der Waals surface area contributed by atoms with E-state index in [2.05, 4.69) is 17.2 Å². The summed E-state index contributed by atoms with van der Waals surface area (Å²) in [5.74, 6) is 2.02. The number of pyridine rings is 1. The van der Waals surface area contributed by atoms with Crippen LogP contribution < -0.4 is 14.8 Å². The molecule has 130 valence electrons. The van der Waals surface area contributed by atoms with Gasteiger partial charge in [0, 0.05) is 36.7 Å². The zero-order valence-corrected chi connectivity index (χ0v) is 14.2. The van der Waals surface area contributed by atoms with Gasteiger partial charge in [0.2, 0.25) is 6.79 Å². The molecule has 1 N–H and O–H groups in total. The van der Waals surface area contributed by atoms with Gasteiger partial charge in [0.05, 0.1) is 0 Å². The van der Waals surface area contributed by atoms with E-state index in [4.69, 9.17) is 9.47 Å². The molecule has 2 aliphatic rings. The van der Waals surface area contributed by atoms with E-state index in [1.807, 2.05) is 29.2 Å². The van der Waals surface area contributed by atoms with E-state index in [0.717, 1.165) is 42.4 Å². The van der Waals surface area contributed by atoms with Crippen LogP contribution in [0.3, 0.4) is 0 Å². The summed E-state index contributed by atoms with van der Waals surface area (Å²) in [6.45, 7) is 4.05. The molecule has 1 aromatic carbocycles. The van der Waals surface area contributed by atoms with Gasteiger partial charge in [-0.3, -0.25) is 9.78 Å². The summed E-state index contributed by atoms with van der Waals surface area (Å²) in [5, 5.41) is 3.29. The van der Waals surface area contributed by atoms with Gasteiger partial charge in [-0.25, -0.2) is 0 Å². The van der Waals surface area contributed by atoms with Crippen molar-refractivity contribution in [1.82, 2.24) is 9.88 Å². The number of fused-ring (bicyclic) bond motifs is 1. The van der Waals surface area contributed by atoms with E-state index in [9.17, 15) is 4.79 Å². The number of nitrogens with zero attached hydrogens (tertiary/aromatic N) is 2. The molecule has 0 bridgehead atoms. The highest BCUT2D eigenvalue weighted by Crippen LogP contribution is 2.35. The Bertz CT molecular complexity index is 793. The third-order valence-electron chi connectivity index (χ3n) is 4.58. The molecule has 3 heterocycles. The van der Waals surface area contributed by atoms with Gasteiger partial charge in [-0.1, -0.05) is 6.92 Å². The number of amides is 1. The lowest BCUT2D eigenvalue weighted by Gasteiger charge is -2.30. The summed E-state index contributed by atoms with van der Waals surface area (Å²) < 4.78 is 10.7. The van der Waals surface area contributed by atoms with Gasteiger partial charge in [-0.05, 0) is 43.0 Å². The van der Waals surface area contributed by atoms with Crippen molar-refractivity contribution in [2.75, 3.05) is 25.2 Å². The molecule has 2 aromatic rings. The minimum absolute atomic E-state index is 0.000821. The number of aromatic nitrogens is 1. The van der Waals surface area contributed by atoms with Crippen LogP contribution in [0.1, 0.15) is 30.3 Å². The minimum atomic E-state index is 0.000821. The fourth-order valence-electron chi connectivity index (χ4n) is 3.30. The Morgan fingerprint density at radius 2 is 2.04 bits per heavy atom. The van der Waals surface area contributed by atoms with Crippen molar-refractivity contribution in [2.45, 2.75) is 19.8 Å². The largest absolute Gasteiger partial charge is 0.454 e. The van der Waals surface area contributed by atoms with E-state index in [-0.39, 0.29) is 12.7 Å². The molecule has 1 atom stereocenters. The zero-order chi connectivity index (χ0) is 17.2. The average molecular weight is 339 g/mol. The fourth-order valence-corrected chi connectivity index (χ4v) is 3.30. The van der Waals surface area contributed by atoms with Crippen molar-refractivity contribution >= 4 is 17.3 Å². The molecule has 1 amide bonds. The standard InChI is InChI=1S/C19H21N3O3/c1-13-3-2-8-22(11-13)19(23)16-9-15(6-7-20-16)21-14-4-5-17-18(10-14)25-12-24-17/h4-7,9-10,13H,2-3,8,11-12H2,1H3,(H,20,21). The topological polar surface area (TPSA) is 63.7 Å². The van der Waals surface area contributed by atoms with Gasteiger partial charge >= 0.3 is 0 Å². The highest BCUT2D eigenvalue weighted by molar-refractivity contribution is 5.93. The molecule has 1 aromatic heterocycles. The maximum Gasteiger partial charge on any atom is 0.272 e. The number of ether oxygens (including phenoxy) is 2. The minimum Gasteiger partial charge on any atom is -0.454 e. The summed E-state index contributed by atoms with van der Waals surface area (Å²) >= 11 is 0. The Morgan fingerprint density at radius 1 is 1.20 bits per heavy atom. The van der Waals surface area contributed by atoms with Crippen LogP contribution >= 0.6 is 0 Å². The van der Waals surface area contributed by atoms with Gasteiger partial charge in [-0.15, -0.1) is 0 Å². The first-order chi connectivity index (χ1) is 12.2. The molecular weight excluding hydrogens is 318 g/mol. The van der Waals surface area contributed by atoms with Crippen LogP contribution in [0.15, 0.2) is 36.5 Å². The quantitative estimate of drug-likeness (QED) is 0.928. The predicted octanol–water partition coefficient (Wildman–Crippen LogP) is 3.43. The van der Waals surface area contributed by atoms with Gasteiger partial charge < -0.3 is 19.7 Å². The van der Waals surface area contributed by atoms with Crippen molar-refractivity contribution in [2.24, 2.45) is 5.92 Å². The Kier molecular flexibility index (Phi) is 4.17. The van der Waals surface area contributed by atoms with Gasteiger partial charge in [0.15, 0.2) is 11.5 Å². The van der Waals surface area contributed by atoms with Crippen LogP contribution in [0.5, 0.6) is 11.5 Å². The molecular formula is C19H21N3O3. The second-order valence-electron chi connectivity index (χ2n) is 6.62. The van der Waals surface area contributed by atoms with Crippen LogP contribution in [0.2, 0.25) is 0 Å². The third-order valence-corrected chi connectivity index (χ3v) is 4.58. The van der Waals surface area contributed by atoms with E-state index >= 15 is 0 Å². The fraction of sp³-hybridized carbons (Fsp3) is 0.368. The number of piperidine rings is 1. The molecule has 1 unspecified atom stereocenters. The van der Waals surface area contributed by atoms with E-state index < -0.39 is 0 Å². The van der Waals surface area contributed by atoms with Crippen molar-refractivity contribution in [3.63, 3.8) is 0 Å². The molecule has 0 saturated carbocycles. The number of hydrogen-bond acceptors (Lipinski definition) is 5. The highest BCUT2D eigenvalue weighted by atomic mass is 16.7. The van der Waals surface area contributed by atoms with Crippen LogP contribution in [0.25, 0.3) is 0 Å². The first kappa shape index (κ1) is 15.7. The molecule has 6 nitrogen and oxygen atoms in total. The molecule has 4 rings (SSSR count). The maximum absolute atomic E-state index is 12.7. The lowest BCUT2D eigenvalue weighted by Crippen LogP contribution is -2.39. The van der Waals surface area contributed by atoms with Crippen LogP contribution in [0.4, 0.5) is 11.4 Å². The lowest BCUT2D eigenvalue weighted by molar-refractivity contribution is 0.0677. The summed E-state index contributed by atoms with van der Waals surface area (Å²) in [6.07, 6.45) is 3.90. The second kappa shape index (κ2) is 6.63. The third kappa shape index (κ3) is 3.38. The lowest BCUT2D eigenvalue weighted by atomic mass is 10.00. The number of anilines is 2. The Hall–Kier alpha value is -2.76. The Morgan fingerprint density at radius 3 is 2.92 bits per heavy atom. The number of rotatable bonds is 3. The molecule has 0 aliphatic carbocycles. The highest BCUT2D eigenvalue weighted by Gasteiger charge is 2.23. The smallest absolute Gasteiger partial charge is 0.272 e. The normalized spacial score (nSPS) is 18.9. The first-order valence-corrected chi connectivity index (χ1v) is 8.61. The maximum atomic E-state index is 12.7. The Labute approximate surface area is 146 Å². The van der Waals surface area contributed by atoms with Gasteiger partial charge in [0.1, 0.15) is 5.69 Å². The Balaban J connectivity index is 1.50. The van der Waals surface area contributed by atoms with Crippen molar-refractivity contribution in [3.05, 3.63) is 42.2 Å². The number of hydrogen-bond donors (Lipinski definition) is 1. The monoisotopic (exact) mass is 339 g/mol. The van der Waals surface area contributed by atoms with Crippen molar-refractivity contribution in [3.8, 4) is 11.5 Å². The summed E-state index contributed by atoms with van der Waals surface area (Å²) in [4.78, 5) is 18.9. The molecule has 0 spiro atoms. The predicted molar refractivity (Wildman–Crippen MR) is 94.4 cm³/mol. The molecule has 2 aliphatic heterocycles. The van der Waals surface area contributed by atoms with Gasteiger partial charge in [-0.2, -0.15) is 0 Å². The summed E-state index contributed by atoms with van der Waals surface area (Å²) in [5.41, 5.74) is 2.17.